The van der Waals surface area contributed by atoms with Crippen LogP contribution in [0.2, 0.25) is 5.02 Å². The smallest absolute Gasteiger partial charge is 0.314 e. The Morgan fingerprint density at radius 1 is 0.980 bits per heavy atom. The third kappa shape index (κ3) is 10.6. The summed E-state index contributed by atoms with van der Waals surface area (Å²) in [5, 5.41) is 53.6. The number of amides is 2. The Morgan fingerprint density at radius 2 is 1.76 bits per heavy atom. The van der Waals surface area contributed by atoms with Gasteiger partial charge >= 0.3 is 6.03 Å². The van der Waals surface area contributed by atoms with Crippen molar-refractivity contribution in [3.05, 3.63) is 77.1 Å². The standard InChI is InChI=1S/C37H48ClN3O7S/c38-30-11-10-26(49-19-5-1-4-17-40-36(47)41-22-31(43)34(45)35(46)32(44)23-42)20-24(30)12-14-37(15-16-37)29-21-39-18-13-27(29)28-6-2-3-7-33(28)48-25-8-9-25/h2-3,6-7,10-11,13,18,20-21,25,31-32,34-35,42-46H,1,4-5,8-9,12,14-17,19,22-23H2,(H2,40,41,47)/t31-,32+,34+,35+/m0/s1. The number of pyridine rings is 1. The van der Waals surface area contributed by atoms with Gasteiger partial charge in [-0.05, 0) is 110 Å². The van der Waals surface area contributed by atoms with Crippen LogP contribution in [0, 0.1) is 0 Å². The van der Waals surface area contributed by atoms with Crippen molar-refractivity contribution in [1.82, 2.24) is 15.6 Å². The van der Waals surface area contributed by atoms with E-state index in [0.717, 1.165) is 85.4 Å². The predicted molar refractivity (Wildman–Crippen MR) is 191 cm³/mol. The van der Waals surface area contributed by atoms with E-state index in [4.69, 9.17) is 21.4 Å². The van der Waals surface area contributed by atoms with Gasteiger partial charge in [-0.3, -0.25) is 4.98 Å². The molecule has 0 spiro atoms. The summed E-state index contributed by atoms with van der Waals surface area (Å²) in [6.07, 6.45) is 6.77. The van der Waals surface area contributed by atoms with Gasteiger partial charge in [0, 0.05) is 41.0 Å². The molecule has 2 aromatic carbocycles. The second-order valence-electron chi connectivity index (χ2n) is 13.1. The fraction of sp³-hybridized carbons (Fsp3) is 0.514. The number of aliphatic hydroxyl groups excluding tert-OH is 5. The lowest BCUT2D eigenvalue weighted by Crippen LogP contribution is -2.50. The lowest BCUT2D eigenvalue weighted by atomic mass is 9.85. The first-order valence-electron chi connectivity index (χ1n) is 17.2. The summed E-state index contributed by atoms with van der Waals surface area (Å²) in [4.78, 5) is 17.7. The number of aromatic nitrogens is 1. The summed E-state index contributed by atoms with van der Waals surface area (Å²) in [5.41, 5.74) is 4.89. The van der Waals surface area contributed by atoms with E-state index in [1.54, 1.807) is 11.8 Å². The first-order valence-corrected chi connectivity index (χ1v) is 18.5. The zero-order valence-corrected chi connectivity index (χ0v) is 29.2. The molecule has 12 heteroatoms. The van der Waals surface area contributed by atoms with Crippen molar-refractivity contribution in [1.29, 1.82) is 0 Å². The van der Waals surface area contributed by atoms with Crippen molar-refractivity contribution in [2.24, 2.45) is 0 Å². The van der Waals surface area contributed by atoms with E-state index in [0.29, 0.717) is 12.6 Å². The van der Waals surface area contributed by atoms with E-state index >= 15 is 0 Å². The average Bonchev–Trinajstić information content (AvgIpc) is 4.07. The molecule has 2 fully saturated rings. The third-order valence-corrected chi connectivity index (χ3v) is 10.8. The molecular formula is C37H48ClN3O7S. The summed E-state index contributed by atoms with van der Waals surface area (Å²) in [6, 6.07) is 16.2. The van der Waals surface area contributed by atoms with Crippen LogP contribution in [0.3, 0.4) is 0 Å². The Bertz CT molecular complexity index is 1520. The number of ether oxygens (including phenoxy) is 1. The zero-order chi connectivity index (χ0) is 34.8. The Kier molecular flexibility index (Phi) is 13.6. The highest BCUT2D eigenvalue weighted by molar-refractivity contribution is 7.99. The molecule has 1 aromatic heterocycles. The van der Waals surface area contributed by atoms with Gasteiger partial charge in [-0.15, -0.1) is 11.8 Å². The number of nitrogens with zero attached hydrogens (tertiary/aromatic N) is 1. The van der Waals surface area contributed by atoms with Crippen LogP contribution < -0.4 is 15.4 Å². The van der Waals surface area contributed by atoms with Crippen LogP contribution in [0.4, 0.5) is 4.79 Å². The maximum atomic E-state index is 12.0. The number of carbonyl (C=O) groups is 1. The van der Waals surface area contributed by atoms with Crippen molar-refractivity contribution in [3.8, 4) is 16.9 Å². The maximum absolute atomic E-state index is 12.0. The SMILES string of the molecule is O=C(NCCCCCSc1ccc(Cl)c(CCC2(c3cnccc3-c3ccccc3OC3CC3)CC2)c1)NC[C@H](O)[C@@H](O)[C@H](O)[C@H](O)CO. The first-order chi connectivity index (χ1) is 23.7. The highest BCUT2D eigenvalue weighted by Gasteiger charge is 2.45. The number of hydrogen-bond donors (Lipinski definition) is 7. The number of rotatable bonds is 20. The molecule has 2 saturated carbocycles. The number of aryl methyl sites for hydroxylation is 1. The predicted octanol–water partition coefficient (Wildman–Crippen LogP) is 4.61. The molecule has 0 radical (unpaired) electrons. The number of aliphatic hydroxyl groups is 5. The van der Waals surface area contributed by atoms with Crippen LogP contribution in [0.1, 0.15) is 62.5 Å². The van der Waals surface area contributed by atoms with Crippen molar-refractivity contribution in [2.45, 2.75) is 98.6 Å². The molecule has 7 N–H and O–H groups in total. The number of halogens is 1. The molecule has 5 rings (SSSR count). The van der Waals surface area contributed by atoms with E-state index in [1.165, 1.54) is 16.0 Å². The second kappa shape index (κ2) is 17.8. The van der Waals surface area contributed by atoms with Crippen molar-refractivity contribution >= 4 is 29.4 Å². The Hall–Kier alpha value is -2.90. The summed E-state index contributed by atoms with van der Waals surface area (Å²) >= 11 is 8.49. The lowest BCUT2D eigenvalue weighted by molar-refractivity contribution is -0.113. The van der Waals surface area contributed by atoms with Crippen LogP contribution in [0.5, 0.6) is 5.75 Å². The third-order valence-electron chi connectivity index (χ3n) is 9.30. The molecule has 3 aromatic rings. The Labute approximate surface area is 297 Å². The summed E-state index contributed by atoms with van der Waals surface area (Å²) in [7, 11) is 0. The Balaban J connectivity index is 1.04. The molecule has 0 bridgehead atoms. The first kappa shape index (κ1) is 37.4. The molecule has 2 aliphatic carbocycles. The quantitative estimate of drug-likeness (QED) is 0.0655. The molecule has 1 heterocycles. The van der Waals surface area contributed by atoms with Crippen LogP contribution in [0.15, 0.2) is 65.8 Å². The zero-order valence-electron chi connectivity index (χ0n) is 27.6. The van der Waals surface area contributed by atoms with E-state index in [-0.39, 0.29) is 12.0 Å². The molecule has 266 valence electrons. The van der Waals surface area contributed by atoms with Gasteiger partial charge in [0.05, 0.1) is 18.8 Å². The van der Waals surface area contributed by atoms with Crippen molar-refractivity contribution in [3.63, 3.8) is 0 Å². The molecule has 10 nitrogen and oxygen atoms in total. The number of urea groups is 1. The highest BCUT2D eigenvalue weighted by Crippen LogP contribution is 2.55. The molecule has 0 unspecified atom stereocenters. The monoisotopic (exact) mass is 713 g/mol. The van der Waals surface area contributed by atoms with E-state index in [9.17, 15) is 25.2 Å². The molecule has 0 aliphatic heterocycles. The number of carbonyl (C=O) groups excluding carboxylic acids is 1. The molecule has 4 atom stereocenters. The summed E-state index contributed by atoms with van der Waals surface area (Å²) < 4.78 is 6.27. The van der Waals surface area contributed by atoms with E-state index in [1.807, 2.05) is 24.5 Å². The van der Waals surface area contributed by atoms with Crippen LogP contribution in [-0.4, -0.2) is 92.5 Å². The lowest BCUT2D eigenvalue weighted by Gasteiger charge is -2.25. The van der Waals surface area contributed by atoms with Gasteiger partial charge in [-0.25, -0.2) is 4.79 Å². The molecular weight excluding hydrogens is 666 g/mol. The fourth-order valence-corrected chi connectivity index (χ4v) is 7.15. The maximum Gasteiger partial charge on any atom is 0.314 e. The van der Waals surface area contributed by atoms with Gasteiger partial charge in [0.1, 0.15) is 24.1 Å². The number of benzene rings is 2. The number of nitrogens with one attached hydrogen (secondary N) is 2. The number of unbranched alkanes of at least 4 members (excludes halogenated alkanes) is 2. The number of hydrogen-bond acceptors (Lipinski definition) is 9. The van der Waals surface area contributed by atoms with Crippen LogP contribution in [-0.2, 0) is 11.8 Å². The van der Waals surface area contributed by atoms with Crippen LogP contribution in [0.25, 0.3) is 11.1 Å². The topological polar surface area (TPSA) is 164 Å². The fourth-order valence-electron chi connectivity index (χ4n) is 5.96. The molecule has 2 amide bonds. The van der Waals surface area contributed by atoms with Gasteiger partial charge in [-0.2, -0.15) is 0 Å². The minimum atomic E-state index is -1.73. The van der Waals surface area contributed by atoms with Gasteiger partial charge < -0.3 is 40.9 Å². The van der Waals surface area contributed by atoms with Crippen LogP contribution >= 0.6 is 23.4 Å². The molecule has 2 aliphatic rings. The van der Waals surface area contributed by atoms with E-state index in [2.05, 4.69) is 52.0 Å². The molecule has 0 saturated heterocycles. The van der Waals surface area contributed by atoms with E-state index < -0.39 is 37.1 Å². The number of para-hydroxylation sites is 1. The Morgan fingerprint density at radius 3 is 2.51 bits per heavy atom. The van der Waals surface area contributed by atoms with Crippen molar-refractivity contribution < 1.29 is 35.1 Å². The summed E-state index contributed by atoms with van der Waals surface area (Å²) in [6.45, 7) is -0.635. The minimum absolute atomic E-state index is 0.0844. The summed E-state index contributed by atoms with van der Waals surface area (Å²) in [5.74, 6) is 1.89. The average molecular weight is 714 g/mol. The minimum Gasteiger partial charge on any atom is -0.490 e. The van der Waals surface area contributed by atoms with Gasteiger partial charge in [0.25, 0.3) is 0 Å². The second-order valence-corrected chi connectivity index (χ2v) is 14.7. The molecule has 49 heavy (non-hydrogen) atoms. The van der Waals surface area contributed by atoms with Gasteiger partial charge in [-0.1, -0.05) is 36.2 Å². The number of thioether (sulfide) groups is 1. The highest BCUT2D eigenvalue weighted by atomic mass is 35.5. The van der Waals surface area contributed by atoms with Crippen molar-refractivity contribution in [2.75, 3.05) is 25.4 Å². The normalized spacial score (nSPS) is 17.5. The largest absolute Gasteiger partial charge is 0.490 e. The van der Waals surface area contributed by atoms with Gasteiger partial charge in [0.2, 0.25) is 0 Å². The van der Waals surface area contributed by atoms with Gasteiger partial charge in [0.15, 0.2) is 0 Å².